The van der Waals surface area contributed by atoms with Gasteiger partial charge in [-0.15, -0.1) is 0 Å². The molecule has 6 nitrogen and oxygen atoms in total. The highest BCUT2D eigenvalue weighted by Crippen LogP contribution is 2.54. The number of hydrogen-bond acceptors (Lipinski definition) is 5. The van der Waals surface area contributed by atoms with E-state index in [9.17, 15) is 4.79 Å². The molecule has 1 atom stereocenters. The van der Waals surface area contributed by atoms with E-state index in [-0.39, 0.29) is 11.3 Å². The Morgan fingerprint density at radius 1 is 1.21 bits per heavy atom. The lowest BCUT2D eigenvalue weighted by atomic mass is 9.63. The largest absolute Gasteiger partial charge is 0.383 e. The van der Waals surface area contributed by atoms with Gasteiger partial charge in [0.2, 0.25) is 0 Å². The molecule has 2 aromatic rings. The number of carbonyl (C=O) groups excluding carboxylic acids is 1. The summed E-state index contributed by atoms with van der Waals surface area (Å²) in [5.74, 6) is 0.108. The highest BCUT2D eigenvalue weighted by molar-refractivity contribution is 5.95. The smallest absolute Gasteiger partial charge is 0.255 e. The van der Waals surface area contributed by atoms with Gasteiger partial charge in [0.25, 0.3) is 5.91 Å². The molecule has 0 N–H and O–H groups in total. The fourth-order valence-electron chi connectivity index (χ4n) is 4.85. The Balaban J connectivity index is 1.48. The molecule has 4 rings (SSSR count). The van der Waals surface area contributed by atoms with Crippen LogP contribution in [0, 0.1) is 12.3 Å². The number of nitrogens with zero attached hydrogens (tertiary/aromatic N) is 4. The molecule has 2 aliphatic heterocycles. The number of carbonyl (C=O) groups is 1. The average molecular weight is 380 g/mol. The summed E-state index contributed by atoms with van der Waals surface area (Å²) in [7, 11) is 1.75. The van der Waals surface area contributed by atoms with Gasteiger partial charge in [0.05, 0.1) is 12.2 Å². The Morgan fingerprint density at radius 3 is 2.64 bits per heavy atom. The molecule has 0 aliphatic carbocycles. The van der Waals surface area contributed by atoms with Crippen molar-refractivity contribution in [2.24, 2.45) is 5.41 Å². The second kappa shape index (κ2) is 7.97. The highest BCUT2D eigenvalue weighted by Gasteiger charge is 2.53. The van der Waals surface area contributed by atoms with Gasteiger partial charge in [-0.3, -0.25) is 19.7 Å². The first kappa shape index (κ1) is 19.0. The topological polar surface area (TPSA) is 58.6 Å². The van der Waals surface area contributed by atoms with E-state index in [1.807, 2.05) is 36.4 Å². The number of aryl methyl sites for hydroxylation is 1. The summed E-state index contributed by atoms with van der Waals surface area (Å²) in [5, 5.41) is 0. The first-order valence-corrected chi connectivity index (χ1v) is 9.98. The van der Waals surface area contributed by atoms with Gasteiger partial charge in [0, 0.05) is 69.0 Å². The van der Waals surface area contributed by atoms with Gasteiger partial charge in [-0.25, -0.2) is 0 Å². The predicted octanol–water partition coefficient (Wildman–Crippen LogP) is 2.71. The lowest BCUT2D eigenvalue weighted by Gasteiger charge is -2.60. The minimum Gasteiger partial charge on any atom is -0.383 e. The summed E-state index contributed by atoms with van der Waals surface area (Å²) < 4.78 is 5.30. The molecular formula is C22H28N4O2. The monoisotopic (exact) mass is 380 g/mol. The molecule has 148 valence electrons. The van der Waals surface area contributed by atoms with Crippen LogP contribution in [0.1, 0.15) is 40.5 Å². The normalized spacial score (nSPS) is 21.5. The van der Waals surface area contributed by atoms with Crippen LogP contribution >= 0.6 is 0 Å². The number of methoxy groups -OCH3 is 1. The van der Waals surface area contributed by atoms with Crippen LogP contribution in [-0.4, -0.2) is 65.6 Å². The third-order valence-corrected chi connectivity index (χ3v) is 6.35. The fraction of sp³-hybridized carbons (Fsp3) is 0.500. The van der Waals surface area contributed by atoms with E-state index >= 15 is 0 Å². The van der Waals surface area contributed by atoms with Crippen molar-refractivity contribution >= 4 is 5.91 Å². The van der Waals surface area contributed by atoms with Crippen LogP contribution < -0.4 is 0 Å². The lowest BCUT2D eigenvalue weighted by molar-refractivity contribution is -0.114. The lowest BCUT2D eigenvalue weighted by Crippen LogP contribution is -2.63. The Labute approximate surface area is 166 Å². The Hall–Kier alpha value is -2.31. The van der Waals surface area contributed by atoms with Crippen molar-refractivity contribution in [3.05, 3.63) is 59.7 Å². The molecule has 1 unspecified atom stereocenters. The fourth-order valence-corrected chi connectivity index (χ4v) is 4.85. The first-order valence-electron chi connectivity index (χ1n) is 9.98. The van der Waals surface area contributed by atoms with Crippen LogP contribution in [0.4, 0.5) is 0 Å². The third-order valence-electron chi connectivity index (χ3n) is 6.35. The second-order valence-corrected chi connectivity index (χ2v) is 7.94. The molecule has 2 saturated heterocycles. The van der Waals surface area contributed by atoms with Gasteiger partial charge in [0.1, 0.15) is 0 Å². The Morgan fingerprint density at radius 2 is 1.96 bits per heavy atom. The van der Waals surface area contributed by atoms with E-state index in [4.69, 9.17) is 4.74 Å². The quantitative estimate of drug-likeness (QED) is 0.798. The van der Waals surface area contributed by atoms with E-state index < -0.39 is 0 Å². The number of pyridine rings is 2. The van der Waals surface area contributed by atoms with Gasteiger partial charge >= 0.3 is 0 Å². The van der Waals surface area contributed by atoms with Crippen LogP contribution in [0.2, 0.25) is 0 Å². The Bertz CT molecular complexity index is 818. The summed E-state index contributed by atoms with van der Waals surface area (Å²) >= 11 is 0. The van der Waals surface area contributed by atoms with Gasteiger partial charge < -0.3 is 9.64 Å². The predicted molar refractivity (Wildman–Crippen MR) is 107 cm³/mol. The van der Waals surface area contributed by atoms with E-state index in [0.29, 0.717) is 6.04 Å². The molecule has 0 bridgehead atoms. The summed E-state index contributed by atoms with van der Waals surface area (Å²) in [5.41, 5.74) is 3.08. The van der Waals surface area contributed by atoms with E-state index in [1.165, 1.54) is 5.56 Å². The number of amides is 1. The molecule has 6 heteroatoms. The molecule has 2 aromatic heterocycles. The number of aromatic nitrogens is 2. The molecule has 0 saturated carbocycles. The van der Waals surface area contributed by atoms with Crippen molar-refractivity contribution in [3.8, 4) is 0 Å². The molecule has 4 heterocycles. The second-order valence-electron chi connectivity index (χ2n) is 7.94. The van der Waals surface area contributed by atoms with Gasteiger partial charge in [-0.05, 0) is 49.6 Å². The first-order chi connectivity index (χ1) is 13.6. The molecule has 0 aromatic carbocycles. The standard InChI is InChI=1S/C22H28N4O2/c1-17-19(4-3-9-24-17)21(27)25-12-7-22(8-13-25)16-26(14-15-28-2)20(22)18-5-10-23-11-6-18/h3-6,9-11,20H,7-8,12-16H2,1-2H3. The van der Waals surface area contributed by atoms with Crippen molar-refractivity contribution in [2.75, 3.05) is 39.9 Å². The Kier molecular flexibility index (Phi) is 5.42. The molecule has 28 heavy (non-hydrogen) atoms. The zero-order valence-corrected chi connectivity index (χ0v) is 16.7. The van der Waals surface area contributed by atoms with Crippen molar-refractivity contribution in [2.45, 2.75) is 25.8 Å². The number of rotatable bonds is 5. The SMILES string of the molecule is COCCN1CC2(CCN(C(=O)c3cccnc3C)CC2)C1c1ccncc1. The summed E-state index contributed by atoms with van der Waals surface area (Å²) in [4.78, 5) is 25.9. The zero-order chi connectivity index (χ0) is 19.6. The highest BCUT2D eigenvalue weighted by atomic mass is 16.5. The third kappa shape index (κ3) is 3.42. The molecule has 2 fully saturated rings. The summed E-state index contributed by atoms with van der Waals surface area (Å²) in [6, 6.07) is 8.35. The van der Waals surface area contributed by atoms with Crippen LogP contribution in [0.5, 0.6) is 0 Å². The maximum Gasteiger partial charge on any atom is 0.255 e. The zero-order valence-electron chi connectivity index (χ0n) is 16.7. The van der Waals surface area contributed by atoms with Gasteiger partial charge in [0.15, 0.2) is 0 Å². The average Bonchev–Trinajstić information content (AvgIpc) is 2.72. The summed E-state index contributed by atoms with van der Waals surface area (Å²) in [6.45, 7) is 6.24. The van der Waals surface area contributed by atoms with Crippen molar-refractivity contribution in [1.82, 2.24) is 19.8 Å². The molecule has 1 spiro atoms. The van der Waals surface area contributed by atoms with Gasteiger partial charge in [-0.2, -0.15) is 0 Å². The molecule has 0 radical (unpaired) electrons. The molecule has 2 aliphatic rings. The number of piperidine rings is 1. The van der Waals surface area contributed by atoms with Crippen molar-refractivity contribution in [1.29, 1.82) is 0 Å². The van der Waals surface area contributed by atoms with Crippen molar-refractivity contribution < 1.29 is 9.53 Å². The number of hydrogen-bond donors (Lipinski definition) is 0. The van der Waals surface area contributed by atoms with E-state index in [0.717, 1.165) is 56.9 Å². The summed E-state index contributed by atoms with van der Waals surface area (Å²) in [6.07, 6.45) is 7.53. The molecular weight excluding hydrogens is 352 g/mol. The minimum atomic E-state index is 0.108. The minimum absolute atomic E-state index is 0.108. The van der Waals surface area contributed by atoms with Crippen LogP contribution in [-0.2, 0) is 4.74 Å². The maximum atomic E-state index is 12.9. The number of ether oxygens (including phenoxy) is 1. The van der Waals surface area contributed by atoms with Crippen molar-refractivity contribution in [3.63, 3.8) is 0 Å². The maximum absolute atomic E-state index is 12.9. The van der Waals surface area contributed by atoms with Crippen LogP contribution in [0.15, 0.2) is 42.9 Å². The molecule has 1 amide bonds. The van der Waals surface area contributed by atoms with Crippen LogP contribution in [0.3, 0.4) is 0 Å². The van der Waals surface area contributed by atoms with E-state index in [1.54, 1.807) is 13.3 Å². The number of likely N-dealkylation sites (tertiary alicyclic amines) is 2. The van der Waals surface area contributed by atoms with Gasteiger partial charge in [-0.1, -0.05) is 0 Å². The van der Waals surface area contributed by atoms with Crippen LogP contribution in [0.25, 0.3) is 0 Å². The van der Waals surface area contributed by atoms with E-state index in [2.05, 4.69) is 27.0 Å².